The van der Waals surface area contributed by atoms with Crippen LogP contribution in [-0.4, -0.2) is 52.6 Å². The maximum Gasteiger partial charge on any atom is 0.306 e. The van der Waals surface area contributed by atoms with E-state index in [9.17, 15) is 14.4 Å². The number of nitrogens with zero attached hydrogens (tertiary/aromatic N) is 3. The Hall–Kier alpha value is -3.46. The Morgan fingerprint density at radius 2 is 1.81 bits per heavy atom. The van der Waals surface area contributed by atoms with Crippen LogP contribution in [0.2, 0.25) is 0 Å². The average Bonchev–Trinajstić information content (AvgIpc) is 3.58. The van der Waals surface area contributed by atoms with Crippen molar-refractivity contribution in [3.05, 3.63) is 64.6 Å². The first-order chi connectivity index (χ1) is 17.5. The summed E-state index contributed by atoms with van der Waals surface area (Å²) in [6, 6.07) is 10.7. The summed E-state index contributed by atoms with van der Waals surface area (Å²) in [6.45, 7) is 2.36. The van der Waals surface area contributed by atoms with Gasteiger partial charge in [0, 0.05) is 19.5 Å². The molecule has 1 saturated carbocycles. The summed E-state index contributed by atoms with van der Waals surface area (Å²) < 4.78 is 17.9. The minimum atomic E-state index is -0.378. The van der Waals surface area contributed by atoms with Gasteiger partial charge >= 0.3 is 5.97 Å². The normalized spacial score (nSPS) is 17.4. The highest BCUT2D eigenvalue weighted by Gasteiger charge is 2.39. The highest BCUT2D eigenvalue weighted by atomic mass is 16.5. The van der Waals surface area contributed by atoms with E-state index >= 15 is 0 Å². The molecule has 2 aromatic heterocycles. The number of para-hydroxylation sites is 1. The zero-order chi connectivity index (χ0) is 25.0. The standard InChI is InChI=1S/C27H31N3O6/c31-24(29-11-14-34-15-12-29)16-27(9-3-4-10-27)17-25(32)36-19-23-28-22-8-2-1-7-21(22)26(33)30(23)18-20-6-5-13-35-20/h1-2,5-8,13H,3-4,9-12,14-19H2. The molecule has 0 spiro atoms. The first-order valence-corrected chi connectivity index (χ1v) is 12.6. The van der Waals surface area contributed by atoms with Gasteiger partial charge in [-0.15, -0.1) is 0 Å². The smallest absolute Gasteiger partial charge is 0.306 e. The number of carbonyl (C=O) groups excluding carboxylic acids is 2. The number of benzene rings is 1. The lowest BCUT2D eigenvalue weighted by atomic mass is 9.79. The fraction of sp³-hybridized carbons (Fsp3) is 0.481. The van der Waals surface area contributed by atoms with Gasteiger partial charge in [0.1, 0.15) is 12.4 Å². The molecule has 0 radical (unpaired) electrons. The maximum atomic E-state index is 13.2. The van der Waals surface area contributed by atoms with Crippen molar-refractivity contribution in [2.45, 2.75) is 51.7 Å². The van der Waals surface area contributed by atoms with E-state index in [-0.39, 0.29) is 42.4 Å². The number of carbonyl (C=O) groups is 2. The van der Waals surface area contributed by atoms with E-state index in [0.717, 1.165) is 25.7 Å². The summed E-state index contributed by atoms with van der Waals surface area (Å²) in [7, 11) is 0. The van der Waals surface area contributed by atoms with Gasteiger partial charge in [0.25, 0.3) is 5.56 Å². The van der Waals surface area contributed by atoms with Crippen LogP contribution in [0.25, 0.3) is 10.9 Å². The SMILES string of the molecule is O=C(CC1(CC(=O)N2CCOCC2)CCCC1)OCc1nc2ccccc2c(=O)n1Cc1ccco1. The number of fused-ring (bicyclic) bond motifs is 1. The largest absolute Gasteiger partial charge is 0.467 e. The molecule has 190 valence electrons. The molecule has 0 unspecified atom stereocenters. The zero-order valence-corrected chi connectivity index (χ0v) is 20.3. The first kappa shape index (κ1) is 24.2. The quantitative estimate of drug-likeness (QED) is 0.444. The molecule has 9 nitrogen and oxygen atoms in total. The molecule has 0 atom stereocenters. The Morgan fingerprint density at radius 1 is 1.03 bits per heavy atom. The van der Waals surface area contributed by atoms with Crippen molar-refractivity contribution in [2.75, 3.05) is 26.3 Å². The molecule has 3 aromatic rings. The van der Waals surface area contributed by atoms with Crippen molar-refractivity contribution in [3.63, 3.8) is 0 Å². The topological polar surface area (TPSA) is 104 Å². The molecule has 9 heteroatoms. The van der Waals surface area contributed by atoms with E-state index in [2.05, 4.69) is 4.98 Å². The van der Waals surface area contributed by atoms with E-state index in [1.165, 1.54) is 4.57 Å². The Kier molecular flexibility index (Phi) is 7.18. The van der Waals surface area contributed by atoms with Crippen molar-refractivity contribution < 1.29 is 23.5 Å². The van der Waals surface area contributed by atoms with E-state index in [4.69, 9.17) is 13.9 Å². The lowest BCUT2D eigenvalue weighted by Gasteiger charge is -2.32. The summed E-state index contributed by atoms with van der Waals surface area (Å²) in [5, 5.41) is 0.491. The van der Waals surface area contributed by atoms with Crippen LogP contribution < -0.4 is 5.56 Å². The Balaban J connectivity index is 1.31. The van der Waals surface area contributed by atoms with Gasteiger partial charge in [0.2, 0.25) is 5.91 Å². The van der Waals surface area contributed by atoms with Gasteiger partial charge in [-0.1, -0.05) is 25.0 Å². The second-order valence-electron chi connectivity index (χ2n) is 9.73. The van der Waals surface area contributed by atoms with Gasteiger partial charge in [-0.3, -0.25) is 19.0 Å². The van der Waals surface area contributed by atoms with Crippen LogP contribution in [-0.2, 0) is 32.2 Å². The third-order valence-corrected chi connectivity index (χ3v) is 7.27. The molecule has 3 heterocycles. The average molecular weight is 494 g/mol. The minimum absolute atomic E-state index is 0.0801. The van der Waals surface area contributed by atoms with Gasteiger partial charge in [0.15, 0.2) is 5.82 Å². The Morgan fingerprint density at radius 3 is 2.56 bits per heavy atom. The number of ether oxygens (including phenoxy) is 2. The number of furan rings is 1. The molecule has 2 aliphatic rings. The molecule has 36 heavy (non-hydrogen) atoms. The summed E-state index contributed by atoms with van der Waals surface area (Å²) in [6.07, 6.45) is 5.73. The molecule has 5 rings (SSSR count). The number of rotatable bonds is 8. The third kappa shape index (κ3) is 5.36. The minimum Gasteiger partial charge on any atom is -0.467 e. The molecule has 1 amide bonds. The highest BCUT2D eigenvalue weighted by Crippen LogP contribution is 2.44. The number of aromatic nitrogens is 2. The number of amides is 1. The maximum absolute atomic E-state index is 13.2. The van der Waals surface area contributed by atoms with Crippen LogP contribution in [0.15, 0.2) is 51.9 Å². The number of hydrogen-bond acceptors (Lipinski definition) is 7. The van der Waals surface area contributed by atoms with Crippen LogP contribution in [0.5, 0.6) is 0 Å². The molecule has 1 aromatic carbocycles. The van der Waals surface area contributed by atoms with Gasteiger partial charge in [-0.25, -0.2) is 4.98 Å². The molecule has 0 N–H and O–H groups in total. The van der Waals surface area contributed by atoms with Crippen molar-refractivity contribution in [1.29, 1.82) is 0 Å². The van der Waals surface area contributed by atoms with E-state index < -0.39 is 0 Å². The molecule has 0 bridgehead atoms. The van der Waals surface area contributed by atoms with Crippen LogP contribution in [0, 0.1) is 5.41 Å². The summed E-state index contributed by atoms with van der Waals surface area (Å²) in [5.41, 5.74) is -0.0454. The fourth-order valence-electron chi connectivity index (χ4n) is 5.33. The van der Waals surface area contributed by atoms with E-state index in [1.807, 2.05) is 11.0 Å². The van der Waals surface area contributed by atoms with Crippen LogP contribution in [0.4, 0.5) is 0 Å². The number of hydrogen-bond donors (Lipinski definition) is 0. The van der Waals surface area contributed by atoms with Crippen LogP contribution >= 0.6 is 0 Å². The molecular formula is C27H31N3O6. The fourth-order valence-corrected chi connectivity index (χ4v) is 5.33. The van der Waals surface area contributed by atoms with Crippen LogP contribution in [0.3, 0.4) is 0 Å². The van der Waals surface area contributed by atoms with Crippen molar-refractivity contribution in [1.82, 2.24) is 14.5 Å². The molecule has 1 saturated heterocycles. The Bertz CT molecular complexity index is 1270. The predicted octanol–water partition coefficient (Wildman–Crippen LogP) is 3.28. The van der Waals surface area contributed by atoms with Crippen molar-refractivity contribution in [2.24, 2.45) is 5.41 Å². The first-order valence-electron chi connectivity index (χ1n) is 12.6. The van der Waals surface area contributed by atoms with Crippen molar-refractivity contribution in [3.8, 4) is 0 Å². The van der Waals surface area contributed by atoms with Gasteiger partial charge in [-0.2, -0.15) is 0 Å². The predicted molar refractivity (Wildman–Crippen MR) is 131 cm³/mol. The summed E-state index contributed by atoms with van der Waals surface area (Å²) in [4.78, 5) is 45.6. The van der Waals surface area contributed by atoms with Crippen molar-refractivity contribution >= 4 is 22.8 Å². The molecular weight excluding hydrogens is 462 g/mol. The highest BCUT2D eigenvalue weighted by molar-refractivity contribution is 5.79. The lowest BCUT2D eigenvalue weighted by molar-refractivity contribution is -0.149. The van der Waals surface area contributed by atoms with E-state index in [0.29, 0.717) is 55.2 Å². The second kappa shape index (κ2) is 10.7. The second-order valence-corrected chi connectivity index (χ2v) is 9.73. The number of morpholine rings is 1. The lowest BCUT2D eigenvalue weighted by Crippen LogP contribution is -2.43. The van der Waals surface area contributed by atoms with Gasteiger partial charge < -0.3 is 18.8 Å². The number of esters is 1. The molecule has 1 aliphatic carbocycles. The monoisotopic (exact) mass is 493 g/mol. The van der Waals surface area contributed by atoms with Crippen LogP contribution in [0.1, 0.15) is 50.1 Å². The van der Waals surface area contributed by atoms with Gasteiger partial charge in [-0.05, 0) is 42.5 Å². The third-order valence-electron chi connectivity index (χ3n) is 7.27. The molecule has 2 fully saturated rings. The summed E-state index contributed by atoms with van der Waals surface area (Å²) >= 11 is 0. The van der Waals surface area contributed by atoms with Gasteiger partial charge in [0.05, 0.1) is 43.3 Å². The summed E-state index contributed by atoms with van der Waals surface area (Å²) in [5.74, 6) is 0.664. The van der Waals surface area contributed by atoms with E-state index in [1.54, 1.807) is 36.6 Å². The Labute approximate surface area is 209 Å². The zero-order valence-electron chi connectivity index (χ0n) is 20.3. The molecule has 1 aliphatic heterocycles.